The average Bonchev–Trinajstić information content (AvgIpc) is 2.83. The highest BCUT2D eigenvalue weighted by molar-refractivity contribution is 5.57. The fraction of sp³-hybridized carbons (Fsp3) is 0.571. The van der Waals surface area contributed by atoms with Crippen molar-refractivity contribution in [3.8, 4) is 11.5 Å². The third-order valence-electron chi connectivity index (χ3n) is 3.96. The van der Waals surface area contributed by atoms with Crippen LogP contribution >= 0.6 is 0 Å². The first-order valence-electron chi connectivity index (χ1n) is 6.64. The number of anilines is 1. The van der Waals surface area contributed by atoms with Crippen molar-refractivity contribution in [3.05, 3.63) is 18.2 Å². The van der Waals surface area contributed by atoms with E-state index >= 15 is 0 Å². The number of hydrogen-bond donors (Lipinski definition) is 1. The van der Waals surface area contributed by atoms with Crippen LogP contribution in [0.2, 0.25) is 0 Å². The lowest BCUT2D eigenvalue weighted by Crippen LogP contribution is -2.42. The predicted molar refractivity (Wildman–Crippen MR) is 71.4 cm³/mol. The number of hydrogen-bond acceptors (Lipinski definition) is 4. The minimum Gasteiger partial charge on any atom is -0.486 e. The fourth-order valence-corrected chi connectivity index (χ4v) is 2.89. The molecule has 3 rings (SSSR count). The Hall–Kier alpha value is -1.42. The molecule has 98 valence electrons. The van der Waals surface area contributed by atoms with E-state index in [2.05, 4.69) is 24.1 Å². The minimum absolute atomic E-state index is 0.281. The van der Waals surface area contributed by atoms with Crippen molar-refractivity contribution in [1.82, 2.24) is 0 Å². The van der Waals surface area contributed by atoms with Crippen molar-refractivity contribution in [1.29, 1.82) is 0 Å². The second kappa shape index (κ2) is 4.69. The number of nitrogens with zero attached hydrogens (tertiary/aromatic N) is 1. The maximum atomic E-state index is 6.16. The molecule has 1 aliphatic carbocycles. The molecule has 2 aliphatic rings. The molecule has 2 N–H and O–H groups in total. The zero-order valence-electron chi connectivity index (χ0n) is 10.8. The first-order valence-corrected chi connectivity index (χ1v) is 6.64. The van der Waals surface area contributed by atoms with E-state index in [0.717, 1.165) is 23.6 Å². The van der Waals surface area contributed by atoms with Gasteiger partial charge in [-0.2, -0.15) is 0 Å². The quantitative estimate of drug-likeness (QED) is 0.866. The van der Waals surface area contributed by atoms with E-state index in [4.69, 9.17) is 15.2 Å². The fourth-order valence-electron chi connectivity index (χ4n) is 2.89. The summed E-state index contributed by atoms with van der Waals surface area (Å²) in [5.41, 5.74) is 7.31. The van der Waals surface area contributed by atoms with Gasteiger partial charge in [-0.3, -0.25) is 0 Å². The van der Waals surface area contributed by atoms with Gasteiger partial charge >= 0.3 is 0 Å². The summed E-state index contributed by atoms with van der Waals surface area (Å²) >= 11 is 0. The van der Waals surface area contributed by atoms with Crippen molar-refractivity contribution in [2.75, 3.05) is 25.2 Å². The summed E-state index contributed by atoms with van der Waals surface area (Å²) in [5.74, 6) is 1.69. The lowest BCUT2D eigenvalue weighted by atomic mass is 10.1. The van der Waals surface area contributed by atoms with Gasteiger partial charge in [0.25, 0.3) is 0 Å². The summed E-state index contributed by atoms with van der Waals surface area (Å²) in [6, 6.07) is 6.84. The number of ether oxygens (including phenoxy) is 2. The Kier molecular flexibility index (Phi) is 3.04. The van der Waals surface area contributed by atoms with Crippen molar-refractivity contribution in [3.63, 3.8) is 0 Å². The van der Waals surface area contributed by atoms with Crippen LogP contribution in [0.4, 0.5) is 5.69 Å². The van der Waals surface area contributed by atoms with E-state index in [9.17, 15) is 0 Å². The molecule has 1 aromatic carbocycles. The number of fused-ring (bicyclic) bond motifs is 1. The van der Waals surface area contributed by atoms with Gasteiger partial charge in [-0.05, 0) is 31.4 Å². The molecule has 0 bridgehead atoms. The topological polar surface area (TPSA) is 47.7 Å². The summed E-state index contributed by atoms with van der Waals surface area (Å²) in [7, 11) is 2.11. The summed E-state index contributed by atoms with van der Waals surface area (Å²) in [5, 5.41) is 0. The monoisotopic (exact) mass is 248 g/mol. The highest BCUT2D eigenvalue weighted by Gasteiger charge is 2.28. The van der Waals surface area contributed by atoms with Gasteiger partial charge in [0.2, 0.25) is 0 Å². The molecular weight excluding hydrogens is 228 g/mol. The van der Waals surface area contributed by atoms with E-state index in [0.29, 0.717) is 19.3 Å². The van der Waals surface area contributed by atoms with Gasteiger partial charge in [0.15, 0.2) is 11.5 Å². The van der Waals surface area contributed by atoms with Crippen molar-refractivity contribution >= 4 is 5.69 Å². The zero-order chi connectivity index (χ0) is 12.5. The Morgan fingerprint density at radius 1 is 1.17 bits per heavy atom. The van der Waals surface area contributed by atoms with E-state index in [1.165, 1.54) is 12.8 Å². The average molecular weight is 248 g/mol. The maximum absolute atomic E-state index is 6.16. The van der Waals surface area contributed by atoms with E-state index < -0.39 is 0 Å². The minimum atomic E-state index is 0.281. The van der Waals surface area contributed by atoms with E-state index in [1.54, 1.807) is 0 Å². The Morgan fingerprint density at radius 2 is 1.94 bits per heavy atom. The smallest absolute Gasteiger partial charge is 0.163 e. The van der Waals surface area contributed by atoms with Gasteiger partial charge in [-0.15, -0.1) is 0 Å². The normalized spacial score (nSPS) is 26.1. The number of likely N-dealkylation sites (N-methyl/N-ethyl adjacent to an activating group) is 1. The Morgan fingerprint density at radius 3 is 2.67 bits per heavy atom. The van der Waals surface area contributed by atoms with Crippen LogP contribution < -0.4 is 20.1 Å². The first-order chi connectivity index (χ1) is 8.75. The molecule has 1 saturated carbocycles. The molecule has 2 atom stereocenters. The van der Waals surface area contributed by atoms with Gasteiger partial charge in [0, 0.05) is 30.9 Å². The lowest BCUT2D eigenvalue weighted by Gasteiger charge is -2.30. The molecular formula is C14H20N2O2. The van der Waals surface area contributed by atoms with Crippen molar-refractivity contribution in [2.24, 2.45) is 5.73 Å². The van der Waals surface area contributed by atoms with Crippen LogP contribution in [0.1, 0.15) is 19.3 Å². The molecule has 1 aromatic rings. The van der Waals surface area contributed by atoms with Crippen LogP contribution in [-0.2, 0) is 0 Å². The van der Waals surface area contributed by atoms with Crippen LogP contribution in [0.25, 0.3) is 0 Å². The Balaban J connectivity index is 1.83. The highest BCUT2D eigenvalue weighted by atomic mass is 16.6. The molecule has 1 aliphatic heterocycles. The Bertz CT molecular complexity index is 436. The molecule has 0 spiro atoms. The molecule has 4 heteroatoms. The van der Waals surface area contributed by atoms with Gasteiger partial charge in [0.1, 0.15) is 13.2 Å². The molecule has 0 saturated heterocycles. The summed E-state index contributed by atoms with van der Waals surface area (Å²) < 4.78 is 11.2. The predicted octanol–water partition coefficient (Wildman–Crippen LogP) is 1.77. The summed E-state index contributed by atoms with van der Waals surface area (Å²) in [4.78, 5) is 2.27. The lowest BCUT2D eigenvalue weighted by molar-refractivity contribution is 0.171. The zero-order valence-corrected chi connectivity index (χ0v) is 10.8. The van der Waals surface area contributed by atoms with Gasteiger partial charge in [-0.1, -0.05) is 0 Å². The molecule has 1 fully saturated rings. The molecule has 4 nitrogen and oxygen atoms in total. The first kappa shape index (κ1) is 11.7. The molecule has 2 unspecified atom stereocenters. The molecule has 0 radical (unpaired) electrons. The second-order valence-electron chi connectivity index (χ2n) is 5.10. The van der Waals surface area contributed by atoms with Gasteiger partial charge in [-0.25, -0.2) is 0 Å². The maximum Gasteiger partial charge on any atom is 0.163 e. The van der Waals surface area contributed by atoms with E-state index in [1.807, 2.05) is 6.07 Å². The molecule has 0 aromatic heterocycles. The van der Waals surface area contributed by atoms with Crippen LogP contribution in [-0.4, -0.2) is 32.3 Å². The number of nitrogens with two attached hydrogens (primary N) is 1. The summed E-state index contributed by atoms with van der Waals surface area (Å²) in [6.07, 6.45) is 3.52. The second-order valence-corrected chi connectivity index (χ2v) is 5.10. The standard InChI is InChI=1S/C14H20N2O2/c1-16(12-4-2-3-11(12)15)10-5-6-13-14(9-10)18-8-7-17-13/h5-6,9,11-12H,2-4,7-8,15H2,1H3. The van der Waals surface area contributed by atoms with Crippen molar-refractivity contribution < 1.29 is 9.47 Å². The van der Waals surface area contributed by atoms with Crippen molar-refractivity contribution in [2.45, 2.75) is 31.3 Å². The Labute approximate surface area is 108 Å². The van der Waals surface area contributed by atoms with Crippen LogP contribution in [0.3, 0.4) is 0 Å². The van der Waals surface area contributed by atoms with Gasteiger partial charge in [0.05, 0.1) is 0 Å². The largest absolute Gasteiger partial charge is 0.486 e. The third-order valence-corrected chi connectivity index (χ3v) is 3.96. The van der Waals surface area contributed by atoms with Gasteiger partial charge < -0.3 is 20.1 Å². The SMILES string of the molecule is CN(c1ccc2c(c1)OCCO2)C1CCCC1N. The van der Waals surface area contributed by atoms with Crippen LogP contribution in [0.5, 0.6) is 11.5 Å². The third kappa shape index (κ3) is 2.01. The van der Waals surface area contributed by atoms with Crippen LogP contribution in [0, 0.1) is 0 Å². The highest BCUT2D eigenvalue weighted by Crippen LogP contribution is 2.35. The van der Waals surface area contributed by atoms with E-state index in [-0.39, 0.29) is 6.04 Å². The molecule has 1 heterocycles. The number of rotatable bonds is 2. The summed E-state index contributed by atoms with van der Waals surface area (Å²) in [6.45, 7) is 1.26. The van der Waals surface area contributed by atoms with Crippen LogP contribution in [0.15, 0.2) is 18.2 Å². The molecule has 0 amide bonds. The number of benzene rings is 1. The molecule has 18 heavy (non-hydrogen) atoms.